The first-order valence-corrected chi connectivity index (χ1v) is 13.0. The van der Waals surface area contributed by atoms with Gasteiger partial charge in [-0.05, 0) is 48.9 Å². The highest BCUT2D eigenvalue weighted by Crippen LogP contribution is 2.31. The fraction of sp³-hybridized carbons (Fsp3) is 0.207. The highest BCUT2D eigenvalue weighted by molar-refractivity contribution is 6.11. The van der Waals surface area contributed by atoms with Gasteiger partial charge >= 0.3 is 6.18 Å². The molecule has 5 aromatic rings. The van der Waals surface area contributed by atoms with Crippen LogP contribution < -0.4 is 22.2 Å². The number of aromatic nitrogens is 4. The Balaban J connectivity index is 1.71. The summed E-state index contributed by atoms with van der Waals surface area (Å²) in [6, 6.07) is 12.2. The number of nitrogens with one attached hydrogen (secondary N) is 1. The van der Waals surface area contributed by atoms with Crippen LogP contribution >= 0.6 is 0 Å². The zero-order chi connectivity index (χ0) is 31.9. The molecule has 0 bridgehead atoms. The van der Waals surface area contributed by atoms with Crippen molar-refractivity contribution in [3.05, 3.63) is 98.0 Å². The minimum atomic E-state index is -4.99. The molecule has 3 heterocycles. The number of alkyl halides is 3. The molecule has 228 valence electrons. The number of nitrogens with two attached hydrogens (primary N) is 1. The highest BCUT2D eigenvalue weighted by Gasteiger charge is 2.36. The molecule has 0 saturated heterocycles. The molecule has 0 fully saturated rings. The summed E-state index contributed by atoms with van der Waals surface area (Å²) < 4.78 is 55.9. The van der Waals surface area contributed by atoms with Crippen LogP contribution in [-0.4, -0.2) is 44.6 Å². The molecule has 2 aromatic carbocycles. The first kappa shape index (κ1) is 30.0. The van der Waals surface area contributed by atoms with Crippen LogP contribution in [0.1, 0.15) is 32.3 Å². The summed E-state index contributed by atoms with van der Waals surface area (Å²) in [5.74, 6) is -1.47. The predicted molar refractivity (Wildman–Crippen MR) is 153 cm³/mol. The lowest BCUT2D eigenvalue weighted by atomic mass is 10.1. The highest BCUT2D eigenvalue weighted by atomic mass is 19.4. The molecule has 0 radical (unpaired) electrons. The third-order valence-corrected chi connectivity index (χ3v) is 6.86. The Morgan fingerprint density at radius 3 is 2.36 bits per heavy atom. The number of aryl methyl sites for hydroxylation is 2. The van der Waals surface area contributed by atoms with E-state index < -0.39 is 40.3 Å². The average molecular weight is 611 g/mol. The molecular formula is C29H25F3N6O6. The van der Waals surface area contributed by atoms with E-state index in [1.54, 1.807) is 19.1 Å². The first-order chi connectivity index (χ1) is 20.8. The molecule has 2 amide bonds. The molecule has 0 spiro atoms. The van der Waals surface area contributed by atoms with Gasteiger partial charge in [-0.15, -0.1) is 0 Å². The van der Waals surface area contributed by atoms with Crippen molar-refractivity contribution in [3.63, 3.8) is 0 Å². The van der Waals surface area contributed by atoms with Crippen LogP contribution in [0.2, 0.25) is 0 Å². The van der Waals surface area contributed by atoms with Crippen molar-refractivity contribution in [2.75, 3.05) is 19.0 Å². The topological polar surface area (TPSA) is 156 Å². The van der Waals surface area contributed by atoms with Crippen LogP contribution in [0.25, 0.3) is 27.7 Å². The number of halogens is 3. The summed E-state index contributed by atoms with van der Waals surface area (Å²) >= 11 is 0. The molecule has 12 nitrogen and oxygen atoms in total. The van der Waals surface area contributed by atoms with Crippen molar-refractivity contribution in [3.8, 4) is 16.8 Å². The second-order valence-electron chi connectivity index (χ2n) is 9.75. The molecule has 5 rings (SSSR count). The number of fused-ring (bicyclic) bond motifs is 1. The minimum absolute atomic E-state index is 0.0221. The van der Waals surface area contributed by atoms with E-state index in [1.165, 1.54) is 55.2 Å². The smallest absolute Gasteiger partial charge is 0.383 e. The van der Waals surface area contributed by atoms with Crippen LogP contribution in [-0.2, 0) is 24.5 Å². The zero-order valence-corrected chi connectivity index (χ0v) is 23.6. The van der Waals surface area contributed by atoms with E-state index in [4.69, 9.17) is 15.0 Å². The Labute approximate surface area is 246 Å². The molecule has 0 aliphatic heterocycles. The van der Waals surface area contributed by atoms with E-state index in [9.17, 15) is 32.3 Å². The zero-order valence-electron chi connectivity index (χ0n) is 23.6. The van der Waals surface area contributed by atoms with Crippen molar-refractivity contribution in [2.45, 2.75) is 19.6 Å². The third-order valence-electron chi connectivity index (χ3n) is 6.86. The van der Waals surface area contributed by atoms with Gasteiger partial charge in [0.1, 0.15) is 17.0 Å². The number of pyridine rings is 1. The number of hydrogen-bond donors (Lipinski definition) is 2. The Hall–Kier alpha value is -5.44. The fourth-order valence-electron chi connectivity index (χ4n) is 4.87. The molecule has 3 aromatic heterocycles. The molecular weight excluding hydrogens is 585 g/mol. The summed E-state index contributed by atoms with van der Waals surface area (Å²) in [7, 11) is 2.86. The van der Waals surface area contributed by atoms with Crippen LogP contribution in [0.5, 0.6) is 0 Å². The Bertz CT molecular complexity index is 2040. The monoisotopic (exact) mass is 610 g/mol. The molecule has 0 atom stereocenters. The van der Waals surface area contributed by atoms with Gasteiger partial charge in [0.2, 0.25) is 5.91 Å². The summed E-state index contributed by atoms with van der Waals surface area (Å²) in [5.41, 5.74) is 2.94. The number of nitrogens with zero attached hydrogens (tertiary/aromatic N) is 4. The van der Waals surface area contributed by atoms with E-state index in [0.717, 1.165) is 9.42 Å². The maximum absolute atomic E-state index is 13.9. The van der Waals surface area contributed by atoms with E-state index in [-0.39, 0.29) is 41.2 Å². The van der Waals surface area contributed by atoms with Crippen LogP contribution in [0.3, 0.4) is 0 Å². The van der Waals surface area contributed by atoms with Crippen molar-refractivity contribution in [2.24, 2.45) is 12.8 Å². The Morgan fingerprint density at radius 2 is 1.77 bits per heavy atom. The molecule has 0 aliphatic rings. The number of hydrogen-bond acceptors (Lipinski definition) is 7. The Kier molecular flexibility index (Phi) is 7.73. The predicted octanol–water partition coefficient (Wildman–Crippen LogP) is 3.47. The maximum atomic E-state index is 13.9. The molecule has 3 N–H and O–H groups in total. The van der Waals surface area contributed by atoms with Gasteiger partial charge in [-0.3, -0.25) is 23.9 Å². The van der Waals surface area contributed by atoms with Gasteiger partial charge in [0.25, 0.3) is 17.0 Å². The quantitative estimate of drug-likeness (QED) is 0.273. The number of rotatable bonds is 8. The first-order valence-electron chi connectivity index (χ1n) is 13.0. The van der Waals surface area contributed by atoms with Gasteiger partial charge in [0, 0.05) is 25.4 Å². The summed E-state index contributed by atoms with van der Waals surface area (Å²) in [4.78, 5) is 55.0. The largest absolute Gasteiger partial charge is 0.433 e. The SMILES string of the molecule is COCCn1c2c(C(=O)Nc3cccc(C(N)=O)c3)nc(C(F)(F)F)cc2c(=O)n1-c1ccc(-c2c(C)on(C)c2=O)cc1. The number of methoxy groups -OCH3 is 1. The van der Waals surface area contributed by atoms with Gasteiger partial charge in [0.15, 0.2) is 5.69 Å². The number of benzene rings is 2. The standard InChI is InChI=1S/C29H25F3N6O6/c1-15-22(28(42)36(2)44-15)16-7-9-19(10-8-16)38-27(41)20-14-21(29(30,31)32)35-23(24(20)37(38)11-12-43-3)26(40)34-18-6-4-5-17(13-18)25(33)39/h4-10,13-14H,11-12H2,1-3H3,(H2,33,39)(H,34,40). The van der Waals surface area contributed by atoms with Gasteiger partial charge < -0.3 is 20.3 Å². The number of carbonyl (C=O) groups excluding carboxylic acids is 2. The van der Waals surface area contributed by atoms with Crippen LogP contribution in [0.4, 0.5) is 18.9 Å². The number of ether oxygens (including phenoxy) is 1. The molecule has 15 heteroatoms. The normalized spacial score (nSPS) is 11.7. The number of amides is 2. The van der Waals surface area contributed by atoms with E-state index in [0.29, 0.717) is 23.0 Å². The van der Waals surface area contributed by atoms with Crippen LogP contribution in [0.15, 0.2) is 68.7 Å². The lowest BCUT2D eigenvalue weighted by molar-refractivity contribution is -0.141. The fourth-order valence-corrected chi connectivity index (χ4v) is 4.87. The maximum Gasteiger partial charge on any atom is 0.433 e. The minimum Gasteiger partial charge on any atom is -0.383 e. The van der Waals surface area contributed by atoms with Gasteiger partial charge in [-0.1, -0.05) is 18.2 Å². The number of carbonyl (C=O) groups is 2. The third kappa shape index (κ3) is 5.40. The number of primary amides is 1. The Morgan fingerprint density at radius 1 is 1.07 bits per heavy atom. The molecule has 0 unspecified atom stereocenters. The van der Waals surface area contributed by atoms with Gasteiger partial charge in [0.05, 0.1) is 29.8 Å². The molecule has 0 saturated carbocycles. The molecule has 0 aliphatic carbocycles. The average Bonchev–Trinajstić information content (AvgIpc) is 3.41. The van der Waals surface area contributed by atoms with Crippen molar-refractivity contribution >= 4 is 28.4 Å². The van der Waals surface area contributed by atoms with E-state index >= 15 is 0 Å². The van der Waals surface area contributed by atoms with Crippen LogP contribution in [0, 0.1) is 6.92 Å². The van der Waals surface area contributed by atoms with Gasteiger partial charge in [-0.25, -0.2) is 9.67 Å². The van der Waals surface area contributed by atoms with Crippen molar-refractivity contribution in [1.29, 1.82) is 0 Å². The lowest BCUT2D eigenvalue weighted by Crippen LogP contribution is -2.23. The number of anilines is 1. The summed E-state index contributed by atoms with van der Waals surface area (Å²) in [6.45, 7) is 1.59. The second-order valence-corrected chi connectivity index (χ2v) is 9.75. The summed E-state index contributed by atoms with van der Waals surface area (Å²) in [6.07, 6.45) is -4.99. The molecule has 44 heavy (non-hydrogen) atoms. The lowest BCUT2D eigenvalue weighted by Gasteiger charge is -2.15. The second kappa shape index (κ2) is 11.3. The van der Waals surface area contributed by atoms with Crippen molar-refractivity contribution < 1.29 is 32.0 Å². The van der Waals surface area contributed by atoms with Crippen molar-refractivity contribution in [1.82, 2.24) is 19.1 Å². The van der Waals surface area contributed by atoms with Gasteiger partial charge in [-0.2, -0.15) is 17.9 Å². The van der Waals surface area contributed by atoms with E-state index in [2.05, 4.69) is 10.3 Å². The van der Waals surface area contributed by atoms with E-state index in [1.807, 2.05) is 0 Å². The summed E-state index contributed by atoms with van der Waals surface area (Å²) in [5, 5.41) is 2.03.